The Hall–Kier alpha value is -0.390. The number of carboxylic acid groups (broad SMARTS) is 1. The van der Waals surface area contributed by atoms with Crippen molar-refractivity contribution in [3.63, 3.8) is 0 Å². The second-order valence-corrected chi connectivity index (χ2v) is 6.19. The van der Waals surface area contributed by atoms with Crippen molar-refractivity contribution in [1.82, 2.24) is 5.32 Å². The molecule has 0 aromatic carbocycles. The van der Waals surface area contributed by atoms with Gasteiger partial charge in [-0.25, -0.2) is 0 Å². The minimum atomic E-state index is -0.791. The zero-order valence-electron chi connectivity index (χ0n) is 8.66. The van der Waals surface area contributed by atoms with Crippen molar-refractivity contribution in [1.29, 1.82) is 0 Å². The number of rotatable bonds is 5. The first-order chi connectivity index (χ1) is 7.00. The van der Waals surface area contributed by atoms with E-state index in [4.69, 9.17) is 5.11 Å². The average molecular weight is 292 g/mol. The van der Waals surface area contributed by atoms with Crippen molar-refractivity contribution in [3.05, 3.63) is 20.8 Å². The molecule has 0 fully saturated rings. The third kappa shape index (κ3) is 3.93. The Balaban J connectivity index is 2.50. The lowest BCUT2D eigenvalue weighted by Gasteiger charge is -2.17. The molecule has 5 heteroatoms. The van der Waals surface area contributed by atoms with Gasteiger partial charge in [-0.3, -0.25) is 10.1 Å². The fourth-order valence-electron chi connectivity index (χ4n) is 1.27. The van der Waals surface area contributed by atoms with E-state index >= 15 is 0 Å². The van der Waals surface area contributed by atoms with Crippen LogP contribution in [0.3, 0.4) is 0 Å². The second kappa shape index (κ2) is 5.63. The number of nitrogens with one attached hydrogen (secondary N) is 1. The van der Waals surface area contributed by atoms with Crippen molar-refractivity contribution in [3.8, 4) is 0 Å². The molecule has 0 unspecified atom stereocenters. The molecule has 0 bridgehead atoms. The van der Waals surface area contributed by atoms with E-state index in [-0.39, 0.29) is 5.92 Å². The summed E-state index contributed by atoms with van der Waals surface area (Å²) in [4.78, 5) is 12.0. The lowest BCUT2D eigenvalue weighted by atomic mass is 10.1. The molecule has 0 aliphatic rings. The molecule has 0 radical (unpaired) electrons. The average Bonchev–Trinajstić information content (AvgIpc) is 2.50. The van der Waals surface area contributed by atoms with Gasteiger partial charge in [0.2, 0.25) is 0 Å². The standard InChI is InChI=1S/C10H14BrNO2S/c1-6(2)9(10(13)14)12-5-7-3-4-8(11)15-7/h3-4,6,9,12H,5H2,1-2H3,(H,13,14)/t9-/m0/s1. The summed E-state index contributed by atoms with van der Waals surface area (Å²) in [5.41, 5.74) is 0. The highest BCUT2D eigenvalue weighted by Crippen LogP contribution is 2.22. The Labute approximate surface area is 102 Å². The highest BCUT2D eigenvalue weighted by atomic mass is 79.9. The minimum absolute atomic E-state index is 0.0888. The van der Waals surface area contributed by atoms with E-state index in [1.807, 2.05) is 26.0 Å². The van der Waals surface area contributed by atoms with Gasteiger partial charge in [-0.1, -0.05) is 13.8 Å². The predicted octanol–water partition coefficient (Wildman–Crippen LogP) is 2.71. The maximum Gasteiger partial charge on any atom is 0.320 e. The molecular weight excluding hydrogens is 278 g/mol. The second-order valence-electron chi connectivity index (χ2n) is 3.65. The van der Waals surface area contributed by atoms with Gasteiger partial charge in [0.15, 0.2) is 0 Å². The lowest BCUT2D eigenvalue weighted by molar-refractivity contribution is -0.140. The maximum absolute atomic E-state index is 10.9. The van der Waals surface area contributed by atoms with Crippen LogP contribution in [0.2, 0.25) is 0 Å². The lowest BCUT2D eigenvalue weighted by Crippen LogP contribution is -2.40. The van der Waals surface area contributed by atoms with Crippen LogP contribution in [0.4, 0.5) is 0 Å². The third-order valence-electron chi connectivity index (χ3n) is 2.06. The van der Waals surface area contributed by atoms with Gasteiger partial charge in [0.05, 0.1) is 3.79 Å². The van der Waals surface area contributed by atoms with Crippen LogP contribution in [0, 0.1) is 5.92 Å². The van der Waals surface area contributed by atoms with Gasteiger partial charge in [-0.15, -0.1) is 11.3 Å². The SMILES string of the molecule is CC(C)[C@H](NCc1ccc(Br)s1)C(=O)O. The largest absolute Gasteiger partial charge is 0.480 e. The molecule has 1 rings (SSSR count). The van der Waals surface area contributed by atoms with E-state index in [9.17, 15) is 4.79 Å². The highest BCUT2D eigenvalue weighted by molar-refractivity contribution is 9.11. The summed E-state index contributed by atoms with van der Waals surface area (Å²) >= 11 is 4.99. The number of aliphatic carboxylic acids is 1. The van der Waals surface area contributed by atoms with Gasteiger partial charge in [0.25, 0.3) is 0 Å². The van der Waals surface area contributed by atoms with Gasteiger partial charge in [-0.05, 0) is 34.0 Å². The van der Waals surface area contributed by atoms with E-state index in [1.54, 1.807) is 11.3 Å². The van der Waals surface area contributed by atoms with Crippen LogP contribution >= 0.6 is 27.3 Å². The zero-order chi connectivity index (χ0) is 11.4. The fraction of sp³-hybridized carbons (Fsp3) is 0.500. The van der Waals surface area contributed by atoms with Crippen LogP contribution in [-0.4, -0.2) is 17.1 Å². The summed E-state index contributed by atoms with van der Waals surface area (Å²) in [5, 5.41) is 12.0. The Kier molecular flexibility index (Phi) is 4.76. The molecule has 0 saturated carbocycles. The zero-order valence-corrected chi connectivity index (χ0v) is 11.1. The molecule has 1 heterocycles. The van der Waals surface area contributed by atoms with Crippen LogP contribution in [0.15, 0.2) is 15.9 Å². The van der Waals surface area contributed by atoms with Gasteiger partial charge < -0.3 is 5.11 Å². The summed E-state index contributed by atoms with van der Waals surface area (Å²) < 4.78 is 1.07. The first-order valence-electron chi connectivity index (χ1n) is 4.71. The first-order valence-corrected chi connectivity index (χ1v) is 6.32. The van der Waals surface area contributed by atoms with E-state index in [2.05, 4.69) is 21.2 Å². The molecule has 1 aromatic rings. The van der Waals surface area contributed by atoms with Crippen molar-refractivity contribution in [2.75, 3.05) is 0 Å². The molecule has 0 aliphatic heterocycles. The first kappa shape index (κ1) is 12.7. The summed E-state index contributed by atoms with van der Waals surface area (Å²) in [6.07, 6.45) is 0. The monoisotopic (exact) mass is 291 g/mol. The molecule has 0 amide bonds. The molecule has 0 aliphatic carbocycles. The molecular formula is C10H14BrNO2S. The van der Waals surface area contributed by atoms with Crippen LogP contribution in [0.25, 0.3) is 0 Å². The fourth-order valence-corrected chi connectivity index (χ4v) is 2.70. The summed E-state index contributed by atoms with van der Waals surface area (Å²) in [5.74, 6) is -0.702. The number of hydrogen-bond donors (Lipinski definition) is 2. The normalized spacial score (nSPS) is 13.1. The van der Waals surface area contributed by atoms with Crippen molar-refractivity contribution in [2.45, 2.75) is 26.4 Å². The summed E-state index contributed by atoms with van der Waals surface area (Å²) in [7, 11) is 0. The van der Waals surface area contributed by atoms with Crippen LogP contribution in [0.5, 0.6) is 0 Å². The topological polar surface area (TPSA) is 49.3 Å². The van der Waals surface area contributed by atoms with Gasteiger partial charge in [0, 0.05) is 11.4 Å². The smallest absolute Gasteiger partial charge is 0.320 e. The van der Waals surface area contributed by atoms with Crippen molar-refractivity contribution in [2.24, 2.45) is 5.92 Å². The van der Waals surface area contributed by atoms with Gasteiger partial charge >= 0.3 is 5.97 Å². The summed E-state index contributed by atoms with van der Waals surface area (Å²) in [6.45, 7) is 4.40. The van der Waals surface area contributed by atoms with Crippen molar-refractivity contribution >= 4 is 33.2 Å². The van der Waals surface area contributed by atoms with Crippen LogP contribution < -0.4 is 5.32 Å². The third-order valence-corrected chi connectivity index (χ3v) is 3.68. The van der Waals surface area contributed by atoms with E-state index in [0.29, 0.717) is 6.54 Å². The number of carbonyl (C=O) groups is 1. The van der Waals surface area contributed by atoms with E-state index in [1.165, 1.54) is 0 Å². The Morgan fingerprint density at radius 2 is 2.27 bits per heavy atom. The number of hydrogen-bond acceptors (Lipinski definition) is 3. The Morgan fingerprint density at radius 3 is 2.67 bits per heavy atom. The molecule has 2 N–H and O–H groups in total. The highest BCUT2D eigenvalue weighted by Gasteiger charge is 2.20. The molecule has 3 nitrogen and oxygen atoms in total. The predicted molar refractivity (Wildman–Crippen MR) is 65.1 cm³/mol. The molecule has 1 atom stereocenters. The molecule has 0 saturated heterocycles. The quantitative estimate of drug-likeness (QED) is 0.877. The van der Waals surface area contributed by atoms with Crippen LogP contribution in [0.1, 0.15) is 18.7 Å². The van der Waals surface area contributed by atoms with Gasteiger partial charge in [-0.2, -0.15) is 0 Å². The van der Waals surface area contributed by atoms with E-state index < -0.39 is 12.0 Å². The number of thiophene rings is 1. The summed E-state index contributed by atoms with van der Waals surface area (Å²) in [6, 6.07) is 3.47. The molecule has 15 heavy (non-hydrogen) atoms. The number of carboxylic acids is 1. The van der Waals surface area contributed by atoms with Crippen molar-refractivity contribution < 1.29 is 9.90 Å². The maximum atomic E-state index is 10.9. The number of halogens is 1. The molecule has 1 aromatic heterocycles. The molecule has 84 valence electrons. The Morgan fingerprint density at radius 1 is 1.60 bits per heavy atom. The van der Waals surface area contributed by atoms with E-state index in [0.717, 1.165) is 8.66 Å². The Bertz CT molecular complexity index is 338. The minimum Gasteiger partial charge on any atom is -0.480 e. The molecule has 0 spiro atoms. The van der Waals surface area contributed by atoms with Crippen LogP contribution in [-0.2, 0) is 11.3 Å². The van der Waals surface area contributed by atoms with Gasteiger partial charge in [0.1, 0.15) is 6.04 Å².